The first-order valence-corrected chi connectivity index (χ1v) is 8.21. The third kappa shape index (κ3) is 3.40. The molecule has 2 aromatic rings. The minimum Gasteiger partial charge on any atom is -0.497 e. The van der Waals surface area contributed by atoms with E-state index in [1.54, 1.807) is 20.3 Å². The van der Waals surface area contributed by atoms with Gasteiger partial charge < -0.3 is 19.7 Å². The van der Waals surface area contributed by atoms with Crippen LogP contribution < -0.4 is 19.7 Å². The summed E-state index contributed by atoms with van der Waals surface area (Å²) in [6.45, 7) is 2.41. The maximum absolute atomic E-state index is 14.4. The maximum atomic E-state index is 14.4. The van der Waals surface area contributed by atoms with E-state index in [1.165, 1.54) is 6.07 Å². The standard InChI is InChI=1S/C19H23FN2O2/c1-23-15-8-9-18(24-2)14(12-15)13-21-19-16(20)6-5-7-17(19)22-10-3-4-11-22/h5-9,12,21H,3-4,10-11,13H2,1-2H3. The van der Waals surface area contributed by atoms with Crippen molar-refractivity contribution >= 4 is 11.4 Å². The summed E-state index contributed by atoms with van der Waals surface area (Å²) in [6, 6.07) is 10.8. The van der Waals surface area contributed by atoms with Crippen molar-refractivity contribution < 1.29 is 13.9 Å². The Bertz CT molecular complexity index is 700. The molecule has 3 rings (SSSR count). The summed E-state index contributed by atoms with van der Waals surface area (Å²) in [5.41, 5.74) is 2.39. The number of rotatable bonds is 6. The normalized spacial score (nSPS) is 13.9. The van der Waals surface area contributed by atoms with Crippen LogP contribution in [0.1, 0.15) is 18.4 Å². The molecule has 0 atom stereocenters. The summed E-state index contributed by atoms with van der Waals surface area (Å²) >= 11 is 0. The molecule has 1 N–H and O–H groups in total. The lowest BCUT2D eigenvalue weighted by atomic mass is 10.1. The number of ether oxygens (including phenoxy) is 2. The van der Waals surface area contributed by atoms with Crippen LogP contribution >= 0.6 is 0 Å². The first kappa shape index (κ1) is 16.4. The van der Waals surface area contributed by atoms with Gasteiger partial charge in [0, 0.05) is 25.2 Å². The van der Waals surface area contributed by atoms with Gasteiger partial charge in [-0.1, -0.05) is 6.07 Å². The van der Waals surface area contributed by atoms with Crippen molar-refractivity contribution in [3.05, 3.63) is 47.8 Å². The lowest BCUT2D eigenvalue weighted by Crippen LogP contribution is -2.20. The quantitative estimate of drug-likeness (QED) is 0.866. The average molecular weight is 330 g/mol. The number of para-hydroxylation sites is 1. The molecule has 0 amide bonds. The molecule has 0 saturated carbocycles. The van der Waals surface area contributed by atoms with Gasteiger partial charge in [-0.3, -0.25) is 0 Å². The zero-order valence-corrected chi connectivity index (χ0v) is 14.1. The summed E-state index contributed by atoms with van der Waals surface area (Å²) in [4.78, 5) is 2.23. The first-order chi connectivity index (χ1) is 11.7. The van der Waals surface area contributed by atoms with Gasteiger partial charge in [-0.2, -0.15) is 0 Å². The third-order valence-corrected chi connectivity index (χ3v) is 4.38. The predicted molar refractivity (Wildman–Crippen MR) is 94.7 cm³/mol. The molecule has 4 nitrogen and oxygen atoms in total. The van der Waals surface area contributed by atoms with Crippen molar-refractivity contribution in [1.29, 1.82) is 0 Å². The maximum Gasteiger partial charge on any atom is 0.148 e. The van der Waals surface area contributed by atoms with E-state index in [9.17, 15) is 4.39 Å². The Hall–Kier alpha value is -2.43. The summed E-state index contributed by atoms with van der Waals surface area (Å²) in [5, 5.41) is 3.25. The molecule has 1 saturated heterocycles. The topological polar surface area (TPSA) is 33.7 Å². The van der Waals surface area contributed by atoms with E-state index in [4.69, 9.17) is 9.47 Å². The molecule has 1 heterocycles. The number of anilines is 2. The Labute approximate surface area is 142 Å². The van der Waals surface area contributed by atoms with Crippen molar-refractivity contribution in [2.45, 2.75) is 19.4 Å². The number of halogens is 1. The molecule has 2 aromatic carbocycles. The van der Waals surface area contributed by atoms with Crippen LogP contribution in [0.5, 0.6) is 11.5 Å². The number of methoxy groups -OCH3 is 2. The zero-order valence-electron chi connectivity index (χ0n) is 14.1. The van der Waals surface area contributed by atoms with E-state index in [-0.39, 0.29) is 5.82 Å². The molecular formula is C19H23FN2O2. The highest BCUT2D eigenvalue weighted by atomic mass is 19.1. The van der Waals surface area contributed by atoms with Gasteiger partial charge in [0.1, 0.15) is 17.3 Å². The van der Waals surface area contributed by atoms with Crippen molar-refractivity contribution in [2.24, 2.45) is 0 Å². The van der Waals surface area contributed by atoms with Crippen LogP contribution in [0, 0.1) is 5.82 Å². The van der Waals surface area contributed by atoms with Crippen LogP contribution in [0.4, 0.5) is 15.8 Å². The Morgan fingerprint density at radius 3 is 2.58 bits per heavy atom. The lowest BCUT2D eigenvalue weighted by molar-refractivity contribution is 0.399. The summed E-state index contributed by atoms with van der Waals surface area (Å²) < 4.78 is 25.1. The van der Waals surface area contributed by atoms with E-state index in [1.807, 2.05) is 24.3 Å². The highest BCUT2D eigenvalue weighted by Crippen LogP contribution is 2.32. The Morgan fingerprint density at radius 1 is 1.08 bits per heavy atom. The van der Waals surface area contributed by atoms with Crippen LogP contribution in [0.2, 0.25) is 0 Å². The van der Waals surface area contributed by atoms with Gasteiger partial charge in [0.05, 0.1) is 25.6 Å². The fourth-order valence-corrected chi connectivity index (χ4v) is 3.11. The van der Waals surface area contributed by atoms with E-state index in [2.05, 4.69) is 10.2 Å². The molecular weight excluding hydrogens is 307 g/mol. The number of hydrogen-bond acceptors (Lipinski definition) is 4. The Balaban J connectivity index is 1.84. The van der Waals surface area contributed by atoms with E-state index in [0.29, 0.717) is 12.2 Å². The molecule has 5 heteroatoms. The second kappa shape index (κ2) is 7.43. The number of benzene rings is 2. The van der Waals surface area contributed by atoms with Gasteiger partial charge >= 0.3 is 0 Å². The van der Waals surface area contributed by atoms with Crippen LogP contribution in [-0.2, 0) is 6.54 Å². The fraction of sp³-hybridized carbons (Fsp3) is 0.368. The minimum absolute atomic E-state index is 0.235. The molecule has 1 fully saturated rings. The van der Waals surface area contributed by atoms with Crippen molar-refractivity contribution in [1.82, 2.24) is 0 Å². The number of nitrogens with one attached hydrogen (secondary N) is 1. The van der Waals surface area contributed by atoms with Crippen LogP contribution in [0.25, 0.3) is 0 Å². The molecule has 1 aliphatic heterocycles. The smallest absolute Gasteiger partial charge is 0.148 e. The van der Waals surface area contributed by atoms with Crippen LogP contribution in [0.15, 0.2) is 36.4 Å². The monoisotopic (exact) mass is 330 g/mol. The molecule has 128 valence electrons. The van der Waals surface area contributed by atoms with E-state index >= 15 is 0 Å². The van der Waals surface area contributed by atoms with Gasteiger partial charge in [0.15, 0.2) is 0 Å². The predicted octanol–water partition coefficient (Wildman–Crippen LogP) is 4.06. The molecule has 0 radical (unpaired) electrons. The largest absolute Gasteiger partial charge is 0.497 e. The lowest BCUT2D eigenvalue weighted by Gasteiger charge is -2.22. The number of nitrogens with zero attached hydrogens (tertiary/aromatic N) is 1. The minimum atomic E-state index is -0.235. The van der Waals surface area contributed by atoms with Crippen LogP contribution in [-0.4, -0.2) is 27.3 Å². The van der Waals surface area contributed by atoms with Gasteiger partial charge in [0.2, 0.25) is 0 Å². The molecule has 24 heavy (non-hydrogen) atoms. The van der Waals surface area contributed by atoms with Crippen molar-refractivity contribution in [3.8, 4) is 11.5 Å². The van der Waals surface area contributed by atoms with Gasteiger partial charge in [-0.05, 0) is 43.2 Å². The number of hydrogen-bond donors (Lipinski definition) is 1. The highest BCUT2D eigenvalue weighted by Gasteiger charge is 2.18. The summed E-state index contributed by atoms with van der Waals surface area (Å²) in [5.74, 6) is 1.27. The van der Waals surface area contributed by atoms with Gasteiger partial charge in [0.25, 0.3) is 0 Å². The van der Waals surface area contributed by atoms with Crippen LogP contribution in [0.3, 0.4) is 0 Å². The first-order valence-electron chi connectivity index (χ1n) is 8.21. The summed E-state index contributed by atoms with van der Waals surface area (Å²) in [7, 11) is 3.26. The second-order valence-electron chi connectivity index (χ2n) is 5.86. The van der Waals surface area contributed by atoms with E-state index < -0.39 is 0 Å². The average Bonchev–Trinajstić information content (AvgIpc) is 3.14. The third-order valence-electron chi connectivity index (χ3n) is 4.38. The SMILES string of the molecule is COc1ccc(OC)c(CNc2c(F)cccc2N2CCCC2)c1. The molecule has 0 bridgehead atoms. The van der Waals surface area contributed by atoms with Gasteiger partial charge in [-0.15, -0.1) is 0 Å². The van der Waals surface area contributed by atoms with Gasteiger partial charge in [-0.25, -0.2) is 4.39 Å². The fourth-order valence-electron chi connectivity index (χ4n) is 3.11. The zero-order chi connectivity index (χ0) is 16.9. The molecule has 0 aliphatic carbocycles. The van der Waals surface area contributed by atoms with E-state index in [0.717, 1.165) is 48.7 Å². The Morgan fingerprint density at radius 2 is 1.88 bits per heavy atom. The second-order valence-corrected chi connectivity index (χ2v) is 5.86. The highest BCUT2D eigenvalue weighted by molar-refractivity contribution is 5.71. The molecule has 0 spiro atoms. The Kier molecular flexibility index (Phi) is 5.08. The summed E-state index contributed by atoms with van der Waals surface area (Å²) in [6.07, 6.45) is 2.30. The van der Waals surface area contributed by atoms with Crippen molar-refractivity contribution in [2.75, 3.05) is 37.5 Å². The molecule has 0 aromatic heterocycles. The molecule has 1 aliphatic rings. The molecule has 0 unspecified atom stereocenters. The van der Waals surface area contributed by atoms with Crippen molar-refractivity contribution in [3.63, 3.8) is 0 Å².